The lowest BCUT2D eigenvalue weighted by Gasteiger charge is -2.36. The third-order valence-corrected chi connectivity index (χ3v) is 9.68. The lowest BCUT2D eigenvalue weighted by molar-refractivity contribution is -0.245. The largest absolute Gasteiger partial charge is 0.478 e. The Bertz CT molecular complexity index is 2050. The van der Waals surface area contributed by atoms with E-state index in [1.165, 1.54) is 11.8 Å². The van der Waals surface area contributed by atoms with Crippen LogP contribution < -0.4 is 5.32 Å². The standard InChI is InChI=1S/C39H30F5NO6S/c40-32-31(33(41)35(43)36(44)34(32)42)37(47)45-18-26-3-1-2-4-29(26)22-9-11-25(12-10-22)39-50-27(20-52-28-15-13-24(14-16-28)38(48)49)17-30(51-39)23-7-5-21(19-46)6-8-23/h1-16,27,30,39,46H,17-20H2,(H,45,47)(H,48,49)/t27-,30+,39+/m0/s1. The molecule has 5 aromatic carbocycles. The number of carboxylic acids is 1. The van der Waals surface area contributed by atoms with Gasteiger partial charge in [-0.05, 0) is 52.1 Å². The van der Waals surface area contributed by atoms with Crippen molar-refractivity contribution < 1.29 is 51.2 Å². The molecule has 3 N–H and O–H groups in total. The van der Waals surface area contributed by atoms with Crippen LogP contribution in [0.2, 0.25) is 0 Å². The summed E-state index contributed by atoms with van der Waals surface area (Å²) in [6.07, 6.45) is -0.821. The molecule has 0 unspecified atom stereocenters. The molecule has 3 atom stereocenters. The maximum atomic E-state index is 14.2. The Morgan fingerprint density at radius 3 is 2.00 bits per heavy atom. The maximum Gasteiger partial charge on any atom is 0.335 e. The number of halogens is 5. The Morgan fingerprint density at radius 1 is 0.750 bits per heavy atom. The number of ether oxygens (including phenoxy) is 2. The summed E-state index contributed by atoms with van der Waals surface area (Å²) in [5, 5.41) is 21.0. The molecule has 0 saturated carbocycles. The first-order chi connectivity index (χ1) is 25.0. The van der Waals surface area contributed by atoms with E-state index >= 15 is 0 Å². The van der Waals surface area contributed by atoms with Crippen molar-refractivity contribution in [3.05, 3.63) is 160 Å². The zero-order chi connectivity index (χ0) is 36.9. The summed E-state index contributed by atoms with van der Waals surface area (Å²) >= 11 is 1.53. The van der Waals surface area contributed by atoms with Crippen LogP contribution in [0.3, 0.4) is 0 Å². The molecule has 13 heteroatoms. The number of rotatable bonds is 11. The van der Waals surface area contributed by atoms with E-state index in [1.54, 1.807) is 60.7 Å². The molecular formula is C39H30F5NO6S. The number of amides is 1. The summed E-state index contributed by atoms with van der Waals surface area (Å²) in [5.41, 5.74) is 2.85. The van der Waals surface area contributed by atoms with Gasteiger partial charge >= 0.3 is 5.97 Å². The molecule has 52 heavy (non-hydrogen) atoms. The number of carbonyl (C=O) groups is 2. The van der Waals surface area contributed by atoms with Gasteiger partial charge in [0, 0.05) is 29.2 Å². The van der Waals surface area contributed by atoms with Crippen molar-refractivity contribution in [2.75, 3.05) is 5.75 Å². The molecule has 7 nitrogen and oxygen atoms in total. The molecule has 5 aromatic rings. The molecule has 1 fully saturated rings. The van der Waals surface area contributed by atoms with E-state index < -0.39 is 52.8 Å². The van der Waals surface area contributed by atoms with Gasteiger partial charge in [0.2, 0.25) is 5.82 Å². The fourth-order valence-electron chi connectivity index (χ4n) is 5.75. The SMILES string of the molecule is O=C(O)c1ccc(SC[C@@H]2C[C@H](c3ccc(CO)cc3)O[C@H](c3ccc(-c4ccccc4CNC(=O)c4c(F)c(F)c(F)c(F)c4F)cc3)O2)cc1. The number of carbonyl (C=O) groups excluding carboxylic acids is 1. The topological polar surface area (TPSA) is 105 Å². The normalized spacial score (nSPS) is 17.2. The first-order valence-electron chi connectivity index (χ1n) is 16.0. The van der Waals surface area contributed by atoms with Gasteiger partial charge in [-0.3, -0.25) is 4.79 Å². The number of aromatic carboxylic acids is 1. The van der Waals surface area contributed by atoms with Crippen molar-refractivity contribution in [3.63, 3.8) is 0 Å². The van der Waals surface area contributed by atoms with E-state index in [1.807, 2.05) is 36.4 Å². The Morgan fingerprint density at radius 2 is 1.37 bits per heavy atom. The van der Waals surface area contributed by atoms with Gasteiger partial charge in [0.25, 0.3) is 5.91 Å². The van der Waals surface area contributed by atoms with E-state index in [2.05, 4.69) is 5.32 Å². The van der Waals surface area contributed by atoms with Gasteiger partial charge in [-0.2, -0.15) is 0 Å². The smallest absolute Gasteiger partial charge is 0.335 e. The average molecular weight is 736 g/mol. The second-order valence-corrected chi connectivity index (χ2v) is 13.0. The van der Waals surface area contributed by atoms with Crippen LogP contribution >= 0.6 is 11.8 Å². The predicted octanol–water partition coefficient (Wildman–Crippen LogP) is 8.51. The first-order valence-corrected chi connectivity index (χ1v) is 17.0. The van der Waals surface area contributed by atoms with Crippen LogP contribution in [0.15, 0.2) is 102 Å². The number of nitrogens with one attached hydrogen (secondary N) is 1. The van der Waals surface area contributed by atoms with E-state index in [-0.39, 0.29) is 30.9 Å². The molecule has 1 aliphatic rings. The molecule has 0 spiro atoms. The fraction of sp³-hybridized carbons (Fsp3) is 0.179. The third-order valence-electron chi connectivity index (χ3n) is 8.54. The minimum atomic E-state index is -2.35. The van der Waals surface area contributed by atoms with Crippen LogP contribution in [-0.4, -0.2) is 33.9 Å². The zero-order valence-electron chi connectivity index (χ0n) is 27.1. The minimum absolute atomic E-state index is 0.0926. The first kappa shape index (κ1) is 36.7. The molecule has 268 valence electrons. The highest BCUT2D eigenvalue weighted by atomic mass is 32.2. The Labute approximate surface area is 299 Å². The van der Waals surface area contributed by atoms with Crippen molar-refractivity contribution >= 4 is 23.6 Å². The van der Waals surface area contributed by atoms with Crippen LogP contribution in [0.1, 0.15) is 61.8 Å². The van der Waals surface area contributed by atoms with Crippen molar-refractivity contribution in [2.24, 2.45) is 0 Å². The molecular weight excluding hydrogens is 705 g/mol. The highest BCUT2D eigenvalue weighted by molar-refractivity contribution is 7.99. The van der Waals surface area contributed by atoms with Gasteiger partial charge < -0.3 is 25.0 Å². The Kier molecular flexibility index (Phi) is 11.3. The van der Waals surface area contributed by atoms with E-state index in [9.17, 15) is 41.8 Å². The van der Waals surface area contributed by atoms with Crippen LogP contribution in [0.5, 0.6) is 0 Å². The van der Waals surface area contributed by atoms with Gasteiger partial charge in [0.05, 0.1) is 24.4 Å². The maximum absolute atomic E-state index is 14.2. The quantitative estimate of drug-likeness (QED) is 0.0541. The molecule has 1 heterocycles. The van der Waals surface area contributed by atoms with Gasteiger partial charge in [0.1, 0.15) is 5.56 Å². The molecule has 1 saturated heterocycles. The fourth-order valence-corrected chi connectivity index (χ4v) is 6.67. The van der Waals surface area contributed by atoms with E-state index in [0.29, 0.717) is 34.4 Å². The number of aliphatic hydroxyl groups is 1. The minimum Gasteiger partial charge on any atom is -0.478 e. The van der Waals surface area contributed by atoms with E-state index in [4.69, 9.17) is 9.47 Å². The summed E-state index contributed by atoms with van der Waals surface area (Å²) in [7, 11) is 0. The van der Waals surface area contributed by atoms with Crippen LogP contribution in [0.25, 0.3) is 11.1 Å². The highest BCUT2D eigenvalue weighted by Crippen LogP contribution is 2.40. The molecule has 0 aromatic heterocycles. The lowest BCUT2D eigenvalue weighted by Crippen LogP contribution is -2.31. The van der Waals surface area contributed by atoms with Crippen molar-refractivity contribution in [3.8, 4) is 11.1 Å². The molecule has 0 aliphatic carbocycles. The third kappa shape index (κ3) is 8.02. The Hall–Kier alpha value is -5.08. The number of hydrogen-bond acceptors (Lipinski definition) is 6. The number of benzene rings is 5. The number of hydrogen-bond donors (Lipinski definition) is 3. The van der Waals surface area contributed by atoms with Gasteiger partial charge in [0.15, 0.2) is 29.6 Å². The molecule has 1 aliphatic heterocycles. The van der Waals surface area contributed by atoms with Crippen molar-refractivity contribution in [2.45, 2.75) is 43.0 Å². The van der Waals surface area contributed by atoms with Crippen molar-refractivity contribution in [1.29, 1.82) is 0 Å². The second-order valence-electron chi connectivity index (χ2n) is 11.9. The molecule has 0 radical (unpaired) electrons. The summed E-state index contributed by atoms with van der Waals surface area (Å²) in [5.74, 6) is -13.1. The molecule has 1 amide bonds. The lowest BCUT2D eigenvalue weighted by atomic mass is 9.97. The second kappa shape index (κ2) is 16.1. The summed E-state index contributed by atoms with van der Waals surface area (Å²) in [6, 6.07) is 28.1. The van der Waals surface area contributed by atoms with Crippen LogP contribution in [-0.2, 0) is 22.6 Å². The molecule has 0 bridgehead atoms. The predicted molar refractivity (Wildman–Crippen MR) is 182 cm³/mol. The summed E-state index contributed by atoms with van der Waals surface area (Å²) in [6.45, 7) is -0.370. The highest BCUT2D eigenvalue weighted by Gasteiger charge is 2.33. The summed E-state index contributed by atoms with van der Waals surface area (Å²) in [4.78, 5) is 24.7. The summed E-state index contributed by atoms with van der Waals surface area (Å²) < 4.78 is 82.1. The van der Waals surface area contributed by atoms with E-state index in [0.717, 1.165) is 16.0 Å². The van der Waals surface area contributed by atoms with Gasteiger partial charge in [-0.15, -0.1) is 11.8 Å². The zero-order valence-corrected chi connectivity index (χ0v) is 27.9. The molecule has 6 rings (SSSR count). The number of carboxylic acid groups (broad SMARTS) is 1. The average Bonchev–Trinajstić information content (AvgIpc) is 3.18. The van der Waals surface area contributed by atoms with Gasteiger partial charge in [-0.25, -0.2) is 26.7 Å². The monoisotopic (exact) mass is 735 g/mol. The van der Waals surface area contributed by atoms with Crippen LogP contribution in [0.4, 0.5) is 22.0 Å². The Balaban J connectivity index is 1.19. The van der Waals surface area contributed by atoms with Gasteiger partial charge in [-0.1, -0.05) is 72.8 Å². The van der Waals surface area contributed by atoms with Crippen molar-refractivity contribution in [1.82, 2.24) is 5.32 Å². The number of aliphatic hydroxyl groups excluding tert-OH is 1. The number of thioether (sulfide) groups is 1. The van der Waals surface area contributed by atoms with Crippen LogP contribution in [0, 0.1) is 29.1 Å².